The number of hydrogen-bond donors (Lipinski definition) is 0. The van der Waals surface area contributed by atoms with E-state index in [1.165, 1.54) is 11.4 Å². The first-order valence-corrected chi connectivity index (χ1v) is 10.7. The molecule has 1 saturated heterocycles. The Kier molecular flexibility index (Phi) is 6.05. The molecule has 0 saturated carbocycles. The number of sulfonamides is 1. The van der Waals surface area contributed by atoms with E-state index in [9.17, 15) is 13.2 Å². The van der Waals surface area contributed by atoms with Gasteiger partial charge in [-0.25, -0.2) is 8.42 Å². The fourth-order valence-electron chi connectivity index (χ4n) is 3.30. The van der Waals surface area contributed by atoms with Gasteiger partial charge in [-0.1, -0.05) is 17.7 Å². The summed E-state index contributed by atoms with van der Waals surface area (Å²) in [4.78, 5) is 14.7. The molecule has 0 bridgehead atoms. The number of rotatable bonds is 5. The molecule has 0 radical (unpaired) electrons. The predicted molar refractivity (Wildman–Crippen MR) is 109 cm³/mol. The molecule has 1 fully saturated rings. The van der Waals surface area contributed by atoms with Crippen LogP contribution >= 0.6 is 0 Å². The lowest BCUT2D eigenvalue weighted by atomic mass is 10.1. The Hall–Kier alpha value is -2.38. The summed E-state index contributed by atoms with van der Waals surface area (Å²) in [5, 5.41) is 0. The van der Waals surface area contributed by atoms with Gasteiger partial charge in [-0.15, -0.1) is 0 Å². The van der Waals surface area contributed by atoms with Gasteiger partial charge in [0.05, 0.1) is 16.7 Å². The molecule has 1 aliphatic rings. The molecule has 7 heteroatoms. The summed E-state index contributed by atoms with van der Waals surface area (Å²) in [6, 6.07) is 13.4. The van der Waals surface area contributed by atoms with Crippen molar-refractivity contribution in [2.45, 2.75) is 30.8 Å². The summed E-state index contributed by atoms with van der Waals surface area (Å²) in [6.45, 7) is 3.25. The number of carbonyl (C=O) groups excluding carboxylic acids is 1. The van der Waals surface area contributed by atoms with Crippen molar-refractivity contribution in [1.29, 1.82) is 0 Å². The second-order valence-corrected chi connectivity index (χ2v) is 9.03. The van der Waals surface area contributed by atoms with Gasteiger partial charge in [-0.3, -0.25) is 9.10 Å². The Morgan fingerprint density at radius 3 is 2.14 bits per heavy atom. The van der Waals surface area contributed by atoms with Crippen molar-refractivity contribution in [1.82, 2.24) is 4.90 Å². The number of anilines is 1. The van der Waals surface area contributed by atoms with Crippen LogP contribution in [0.25, 0.3) is 0 Å². The Labute approximate surface area is 166 Å². The molecule has 0 atom stereocenters. The van der Waals surface area contributed by atoms with Gasteiger partial charge in [-0.2, -0.15) is 0 Å². The van der Waals surface area contributed by atoms with E-state index >= 15 is 0 Å². The molecule has 1 amide bonds. The third-order valence-electron chi connectivity index (χ3n) is 5.22. The fraction of sp³-hybridized carbons (Fsp3) is 0.381. The Bertz CT molecular complexity index is 916. The highest BCUT2D eigenvalue weighted by atomic mass is 32.2. The first-order chi connectivity index (χ1) is 13.3. The summed E-state index contributed by atoms with van der Waals surface area (Å²) < 4.78 is 32.2. The van der Waals surface area contributed by atoms with Gasteiger partial charge in [0.25, 0.3) is 15.9 Å². The largest absolute Gasteiger partial charge is 0.381 e. The summed E-state index contributed by atoms with van der Waals surface area (Å²) in [5.41, 5.74) is 2.06. The fourth-order valence-corrected chi connectivity index (χ4v) is 4.49. The van der Waals surface area contributed by atoms with Crippen LogP contribution in [0.15, 0.2) is 53.4 Å². The summed E-state index contributed by atoms with van der Waals surface area (Å²) in [7, 11) is -0.435. The van der Waals surface area contributed by atoms with Crippen molar-refractivity contribution < 1.29 is 17.9 Å². The average molecular weight is 403 g/mol. The Morgan fingerprint density at radius 1 is 1.04 bits per heavy atom. The van der Waals surface area contributed by atoms with Crippen molar-refractivity contribution in [2.24, 2.45) is 0 Å². The van der Waals surface area contributed by atoms with Crippen LogP contribution in [0.1, 0.15) is 28.8 Å². The van der Waals surface area contributed by atoms with Crippen molar-refractivity contribution >= 4 is 21.6 Å². The number of likely N-dealkylation sites (tertiary alicyclic amines) is 1. The molecule has 0 aromatic heterocycles. The van der Waals surface area contributed by atoms with Crippen molar-refractivity contribution in [3.05, 3.63) is 59.7 Å². The molecule has 0 unspecified atom stereocenters. The number of ether oxygens (including phenoxy) is 1. The average Bonchev–Trinajstić information content (AvgIpc) is 2.73. The van der Waals surface area contributed by atoms with Crippen LogP contribution in [0.4, 0.5) is 5.69 Å². The maximum Gasteiger partial charge on any atom is 0.264 e. The van der Waals surface area contributed by atoms with Crippen LogP contribution in [0.3, 0.4) is 0 Å². The number of benzene rings is 2. The maximum absolute atomic E-state index is 12.8. The second-order valence-electron chi connectivity index (χ2n) is 7.06. The molecule has 6 nitrogen and oxygen atoms in total. The van der Waals surface area contributed by atoms with E-state index in [1.807, 2.05) is 11.8 Å². The van der Waals surface area contributed by atoms with Gasteiger partial charge in [0.15, 0.2) is 0 Å². The minimum Gasteiger partial charge on any atom is -0.381 e. The summed E-state index contributed by atoms with van der Waals surface area (Å²) in [5.74, 6) is -0.0369. The first-order valence-electron chi connectivity index (χ1n) is 9.30. The van der Waals surface area contributed by atoms with E-state index in [0.29, 0.717) is 24.3 Å². The number of aryl methyl sites for hydroxylation is 1. The highest BCUT2D eigenvalue weighted by Gasteiger charge is 2.24. The van der Waals surface area contributed by atoms with E-state index in [-0.39, 0.29) is 16.9 Å². The molecular weight excluding hydrogens is 376 g/mol. The standard InChI is InChI=1S/C21H26N2O4S/c1-16-4-10-20(11-5-16)28(25,26)22(2)18-8-6-17(7-9-18)21(24)23-14-12-19(27-3)13-15-23/h4-11,19H,12-15H2,1-3H3. The number of piperidine rings is 1. The lowest BCUT2D eigenvalue weighted by molar-refractivity contribution is 0.0351. The van der Waals surface area contributed by atoms with Gasteiger partial charge < -0.3 is 9.64 Å². The Morgan fingerprint density at radius 2 is 1.61 bits per heavy atom. The van der Waals surface area contributed by atoms with Crippen LogP contribution in [0.2, 0.25) is 0 Å². The van der Waals surface area contributed by atoms with Crippen LogP contribution in [0.5, 0.6) is 0 Å². The van der Waals surface area contributed by atoms with E-state index in [4.69, 9.17) is 4.74 Å². The minimum absolute atomic E-state index is 0.0369. The number of methoxy groups -OCH3 is 1. The molecular formula is C21H26N2O4S. The quantitative estimate of drug-likeness (QED) is 0.771. The molecule has 28 heavy (non-hydrogen) atoms. The summed E-state index contributed by atoms with van der Waals surface area (Å²) >= 11 is 0. The Balaban J connectivity index is 1.73. The number of nitrogens with zero attached hydrogens (tertiary/aromatic N) is 2. The van der Waals surface area contributed by atoms with Crippen molar-refractivity contribution in [2.75, 3.05) is 31.6 Å². The number of hydrogen-bond acceptors (Lipinski definition) is 4. The third kappa shape index (κ3) is 4.20. The monoisotopic (exact) mass is 402 g/mol. The molecule has 0 aliphatic carbocycles. The SMILES string of the molecule is COC1CCN(C(=O)c2ccc(N(C)S(=O)(=O)c3ccc(C)cc3)cc2)CC1. The molecule has 3 rings (SSSR count). The van der Waals surface area contributed by atoms with Crippen LogP contribution < -0.4 is 4.31 Å². The minimum atomic E-state index is -3.65. The molecule has 1 heterocycles. The van der Waals surface area contributed by atoms with Gasteiger partial charge >= 0.3 is 0 Å². The zero-order valence-electron chi connectivity index (χ0n) is 16.5. The lowest BCUT2D eigenvalue weighted by Crippen LogP contribution is -2.40. The molecule has 1 aliphatic heterocycles. The van der Waals surface area contributed by atoms with Gasteiger partial charge in [0.2, 0.25) is 0 Å². The first kappa shape index (κ1) is 20.4. The van der Waals surface area contributed by atoms with E-state index in [1.54, 1.807) is 55.6 Å². The topological polar surface area (TPSA) is 66.9 Å². The van der Waals surface area contributed by atoms with Gasteiger partial charge in [0.1, 0.15) is 0 Å². The lowest BCUT2D eigenvalue weighted by Gasteiger charge is -2.31. The van der Waals surface area contributed by atoms with E-state index in [0.717, 1.165) is 18.4 Å². The van der Waals surface area contributed by atoms with Gasteiger partial charge in [0, 0.05) is 32.8 Å². The third-order valence-corrected chi connectivity index (χ3v) is 7.02. The highest BCUT2D eigenvalue weighted by molar-refractivity contribution is 7.92. The molecule has 2 aromatic rings. The second kappa shape index (κ2) is 8.32. The molecule has 150 valence electrons. The van der Waals surface area contributed by atoms with Crippen molar-refractivity contribution in [3.8, 4) is 0 Å². The van der Waals surface area contributed by atoms with Crippen LogP contribution in [-0.4, -0.2) is 52.6 Å². The molecule has 2 aromatic carbocycles. The maximum atomic E-state index is 12.8. The predicted octanol–water partition coefficient (Wildman–Crippen LogP) is 3.07. The van der Waals surface area contributed by atoms with Crippen LogP contribution in [-0.2, 0) is 14.8 Å². The van der Waals surface area contributed by atoms with Gasteiger partial charge in [-0.05, 0) is 56.2 Å². The number of amides is 1. The summed E-state index contributed by atoms with van der Waals surface area (Å²) in [6.07, 6.45) is 1.88. The number of carbonyl (C=O) groups is 1. The van der Waals surface area contributed by atoms with E-state index < -0.39 is 10.0 Å². The van der Waals surface area contributed by atoms with Crippen molar-refractivity contribution in [3.63, 3.8) is 0 Å². The molecule has 0 N–H and O–H groups in total. The van der Waals surface area contributed by atoms with E-state index in [2.05, 4.69) is 0 Å². The smallest absolute Gasteiger partial charge is 0.264 e. The zero-order chi connectivity index (χ0) is 20.3. The van der Waals surface area contributed by atoms with Crippen LogP contribution in [0, 0.1) is 6.92 Å². The zero-order valence-corrected chi connectivity index (χ0v) is 17.3. The molecule has 0 spiro atoms. The highest BCUT2D eigenvalue weighted by Crippen LogP contribution is 2.23. The normalized spacial score (nSPS) is 15.5.